The van der Waals surface area contributed by atoms with Crippen LogP contribution in [0.1, 0.15) is 36.8 Å². The van der Waals surface area contributed by atoms with Gasteiger partial charge in [0.15, 0.2) is 0 Å². The normalized spacial score (nSPS) is 27.6. The van der Waals surface area contributed by atoms with Gasteiger partial charge in [-0.25, -0.2) is 0 Å². The van der Waals surface area contributed by atoms with Gasteiger partial charge >= 0.3 is 0 Å². The maximum Gasteiger partial charge on any atom is 0.221 e. The van der Waals surface area contributed by atoms with Gasteiger partial charge in [0.1, 0.15) is 0 Å². The number of carbonyl (C=O) groups is 1. The predicted octanol–water partition coefficient (Wildman–Crippen LogP) is 1.24. The summed E-state index contributed by atoms with van der Waals surface area (Å²) in [6.07, 6.45) is 4.13. The molecule has 1 aromatic rings. The summed E-state index contributed by atoms with van der Waals surface area (Å²) in [7, 11) is 0. The van der Waals surface area contributed by atoms with Crippen LogP contribution in [0.25, 0.3) is 0 Å². The number of benzene rings is 1. The van der Waals surface area contributed by atoms with Crippen molar-refractivity contribution in [2.24, 2.45) is 17.6 Å². The Balaban J connectivity index is 1.49. The summed E-state index contributed by atoms with van der Waals surface area (Å²) in [6, 6.07) is 9.22. The molecule has 0 aromatic heterocycles. The van der Waals surface area contributed by atoms with Gasteiger partial charge in [0, 0.05) is 32.3 Å². The van der Waals surface area contributed by atoms with Crippen molar-refractivity contribution >= 4 is 5.91 Å². The molecule has 1 unspecified atom stereocenters. The van der Waals surface area contributed by atoms with E-state index in [4.69, 9.17) is 10.8 Å². The number of aliphatic hydroxyl groups is 1. The highest BCUT2D eigenvalue weighted by atomic mass is 16.3. The molecule has 1 aliphatic carbocycles. The first-order chi connectivity index (χ1) is 11.6. The predicted molar refractivity (Wildman–Crippen MR) is 94.1 cm³/mol. The van der Waals surface area contributed by atoms with E-state index in [9.17, 15) is 4.79 Å². The fourth-order valence-corrected chi connectivity index (χ4v) is 3.84. The monoisotopic (exact) mass is 331 g/mol. The third-order valence-electron chi connectivity index (χ3n) is 5.39. The van der Waals surface area contributed by atoms with Crippen molar-refractivity contribution in [3.63, 3.8) is 0 Å². The van der Waals surface area contributed by atoms with E-state index in [1.165, 1.54) is 11.1 Å². The molecule has 1 atom stereocenters. The molecular formula is C19H29N3O2. The fourth-order valence-electron chi connectivity index (χ4n) is 3.84. The Morgan fingerprint density at radius 3 is 2.88 bits per heavy atom. The lowest BCUT2D eigenvalue weighted by Gasteiger charge is -2.34. The Bertz CT molecular complexity index is 557. The standard InChI is InChI=1S/C19H29N3O2/c20-19(24)17-5-2-6-22(12-17)11-15-4-1-3-14(7-15)10-21-18-8-16(9-18)13-23/h1,3-4,7,16-18,21,23H,2,5-6,8-13H2,(H2,20,24). The second-order valence-electron chi connectivity index (χ2n) is 7.39. The number of nitrogens with one attached hydrogen (secondary N) is 1. The summed E-state index contributed by atoms with van der Waals surface area (Å²) in [5.74, 6) is 0.326. The van der Waals surface area contributed by atoms with Crippen LogP contribution < -0.4 is 11.1 Å². The summed E-state index contributed by atoms with van der Waals surface area (Å²) in [4.78, 5) is 13.7. The molecule has 24 heavy (non-hydrogen) atoms. The van der Waals surface area contributed by atoms with Gasteiger partial charge in [-0.2, -0.15) is 0 Å². The summed E-state index contributed by atoms with van der Waals surface area (Å²) >= 11 is 0. The second-order valence-corrected chi connectivity index (χ2v) is 7.39. The van der Waals surface area contributed by atoms with Gasteiger partial charge in [-0.1, -0.05) is 24.3 Å². The van der Waals surface area contributed by atoms with Crippen molar-refractivity contribution in [3.05, 3.63) is 35.4 Å². The van der Waals surface area contributed by atoms with Crippen LogP contribution in [0.5, 0.6) is 0 Å². The molecule has 0 spiro atoms. The Hall–Kier alpha value is -1.43. The number of likely N-dealkylation sites (tertiary alicyclic amines) is 1. The van der Waals surface area contributed by atoms with Crippen LogP contribution in [0.3, 0.4) is 0 Å². The first kappa shape index (κ1) is 17.4. The summed E-state index contributed by atoms with van der Waals surface area (Å²) in [5, 5.41) is 12.6. The van der Waals surface area contributed by atoms with Crippen LogP contribution in [0.15, 0.2) is 24.3 Å². The zero-order valence-corrected chi connectivity index (χ0v) is 14.3. The average Bonchev–Trinajstić information content (AvgIpc) is 2.54. The van der Waals surface area contributed by atoms with Crippen LogP contribution in [0.4, 0.5) is 0 Å². The molecule has 2 fully saturated rings. The minimum Gasteiger partial charge on any atom is -0.396 e. The van der Waals surface area contributed by atoms with Crippen molar-refractivity contribution in [1.29, 1.82) is 0 Å². The summed E-state index contributed by atoms with van der Waals surface area (Å²) < 4.78 is 0. The molecule has 1 heterocycles. The number of amides is 1. The molecule has 1 saturated heterocycles. The first-order valence-corrected chi connectivity index (χ1v) is 9.07. The lowest BCUT2D eigenvalue weighted by Crippen LogP contribution is -2.42. The topological polar surface area (TPSA) is 78.6 Å². The van der Waals surface area contributed by atoms with Crippen LogP contribution in [0.2, 0.25) is 0 Å². The zero-order valence-electron chi connectivity index (χ0n) is 14.3. The highest BCUT2D eigenvalue weighted by Gasteiger charge is 2.27. The number of carbonyl (C=O) groups excluding carboxylic acids is 1. The lowest BCUT2D eigenvalue weighted by molar-refractivity contribution is -0.123. The molecule has 0 radical (unpaired) electrons. The van der Waals surface area contributed by atoms with Gasteiger partial charge in [-0.05, 0) is 49.3 Å². The lowest BCUT2D eigenvalue weighted by atomic mass is 9.81. The van der Waals surface area contributed by atoms with E-state index in [-0.39, 0.29) is 11.8 Å². The maximum absolute atomic E-state index is 11.4. The molecule has 1 aromatic carbocycles. The van der Waals surface area contributed by atoms with E-state index in [0.29, 0.717) is 18.6 Å². The zero-order chi connectivity index (χ0) is 16.9. The van der Waals surface area contributed by atoms with Crippen molar-refractivity contribution in [3.8, 4) is 0 Å². The fraction of sp³-hybridized carbons (Fsp3) is 0.632. The van der Waals surface area contributed by atoms with E-state index in [2.05, 4.69) is 34.5 Å². The van der Waals surface area contributed by atoms with E-state index in [1.807, 2.05) is 0 Å². The van der Waals surface area contributed by atoms with Gasteiger partial charge in [-0.15, -0.1) is 0 Å². The Morgan fingerprint density at radius 2 is 2.12 bits per heavy atom. The van der Waals surface area contributed by atoms with Crippen LogP contribution in [-0.2, 0) is 17.9 Å². The number of nitrogens with two attached hydrogens (primary N) is 1. The minimum atomic E-state index is -0.167. The Morgan fingerprint density at radius 1 is 1.33 bits per heavy atom. The van der Waals surface area contributed by atoms with E-state index >= 15 is 0 Å². The van der Waals surface area contributed by atoms with Crippen molar-refractivity contribution in [2.45, 2.75) is 44.8 Å². The molecule has 5 nitrogen and oxygen atoms in total. The van der Waals surface area contributed by atoms with E-state index in [0.717, 1.165) is 51.9 Å². The summed E-state index contributed by atoms with van der Waals surface area (Å²) in [5.41, 5.74) is 8.05. The minimum absolute atomic E-state index is 0.00156. The van der Waals surface area contributed by atoms with Gasteiger partial charge in [0.2, 0.25) is 5.91 Å². The number of nitrogens with zero attached hydrogens (tertiary/aromatic N) is 1. The molecule has 0 bridgehead atoms. The molecular weight excluding hydrogens is 302 g/mol. The number of primary amides is 1. The van der Waals surface area contributed by atoms with Crippen LogP contribution >= 0.6 is 0 Å². The third kappa shape index (κ3) is 4.56. The number of piperidine rings is 1. The Labute approximate surface area is 144 Å². The molecule has 3 rings (SSSR count). The average molecular weight is 331 g/mol. The van der Waals surface area contributed by atoms with Crippen LogP contribution in [-0.4, -0.2) is 41.7 Å². The molecule has 4 N–H and O–H groups in total. The maximum atomic E-state index is 11.4. The quantitative estimate of drug-likeness (QED) is 0.702. The van der Waals surface area contributed by atoms with Gasteiger partial charge in [-0.3, -0.25) is 9.69 Å². The van der Waals surface area contributed by atoms with Gasteiger partial charge in [0.05, 0.1) is 5.92 Å². The van der Waals surface area contributed by atoms with E-state index < -0.39 is 0 Å². The SMILES string of the molecule is NC(=O)C1CCCN(Cc2cccc(CNC3CC(CO)C3)c2)C1. The number of rotatable bonds is 7. The number of hydrogen-bond acceptors (Lipinski definition) is 4. The van der Waals surface area contributed by atoms with E-state index in [1.54, 1.807) is 0 Å². The first-order valence-electron chi connectivity index (χ1n) is 9.07. The van der Waals surface area contributed by atoms with Crippen molar-refractivity contribution in [1.82, 2.24) is 10.2 Å². The smallest absolute Gasteiger partial charge is 0.221 e. The molecule has 5 heteroatoms. The second kappa shape index (κ2) is 8.10. The third-order valence-corrected chi connectivity index (χ3v) is 5.39. The molecule has 2 aliphatic rings. The number of aliphatic hydroxyl groups excluding tert-OH is 1. The molecule has 1 amide bonds. The Kier molecular flexibility index (Phi) is 5.87. The number of hydrogen-bond donors (Lipinski definition) is 3. The van der Waals surface area contributed by atoms with Crippen LogP contribution in [0, 0.1) is 11.8 Å². The van der Waals surface area contributed by atoms with Gasteiger partial charge < -0.3 is 16.2 Å². The molecule has 1 aliphatic heterocycles. The highest BCUT2D eigenvalue weighted by molar-refractivity contribution is 5.76. The van der Waals surface area contributed by atoms with Gasteiger partial charge in [0.25, 0.3) is 0 Å². The summed E-state index contributed by atoms with van der Waals surface area (Å²) in [6.45, 7) is 3.89. The molecule has 132 valence electrons. The van der Waals surface area contributed by atoms with Crippen molar-refractivity contribution in [2.75, 3.05) is 19.7 Å². The van der Waals surface area contributed by atoms with Crippen molar-refractivity contribution < 1.29 is 9.90 Å². The molecule has 1 saturated carbocycles. The largest absolute Gasteiger partial charge is 0.396 e. The highest BCUT2D eigenvalue weighted by Crippen LogP contribution is 2.27.